The van der Waals surface area contributed by atoms with Gasteiger partial charge in [0, 0.05) is 39.1 Å². The number of rotatable bonds is 2. The van der Waals surface area contributed by atoms with Crippen LogP contribution in [0.25, 0.3) is 0 Å². The third-order valence-electron chi connectivity index (χ3n) is 2.62. The zero-order valence-corrected chi connectivity index (χ0v) is 9.09. The Hall–Kier alpha value is -1.91. The maximum Gasteiger partial charge on any atom is 0.312 e. The van der Waals surface area contributed by atoms with Crippen LogP contribution in [0, 0.1) is 0 Å². The molecular weight excluding hydrogens is 206 g/mol. The van der Waals surface area contributed by atoms with E-state index in [-0.39, 0.29) is 0 Å². The van der Waals surface area contributed by atoms with Gasteiger partial charge >= 0.3 is 11.8 Å². The SMILES string of the molecule is CN1CCN(Cc2cccnc2)C(=O)C1=O. The van der Waals surface area contributed by atoms with Crippen molar-refractivity contribution in [2.45, 2.75) is 6.54 Å². The van der Waals surface area contributed by atoms with E-state index in [2.05, 4.69) is 4.98 Å². The Balaban J connectivity index is 2.06. The van der Waals surface area contributed by atoms with Gasteiger partial charge in [0.05, 0.1) is 0 Å². The van der Waals surface area contributed by atoms with Gasteiger partial charge in [0.25, 0.3) is 0 Å². The van der Waals surface area contributed by atoms with Gasteiger partial charge in [0.1, 0.15) is 0 Å². The Morgan fingerprint density at radius 1 is 1.31 bits per heavy atom. The molecule has 1 saturated heterocycles. The van der Waals surface area contributed by atoms with Crippen LogP contribution in [0.15, 0.2) is 24.5 Å². The Morgan fingerprint density at radius 3 is 2.81 bits per heavy atom. The Morgan fingerprint density at radius 2 is 2.12 bits per heavy atom. The molecule has 1 aromatic heterocycles. The Kier molecular flexibility index (Phi) is 2.85. The van der Waals surface area contributed by atoms with E-state index in [0.717, 1.165) is 5.56 Å². The van der Waals surface area contributed by atoms with Gasteiger partial charge < -0.3 is 9.80 Å². The first-order chi connectivity index (χ1) is 7.68. The van der Waals surface area contributed by atoms with E-state index in [1.54, 1.807) is 24.3 Å². The molecule has 0 aliphatic carbocycles. The summed E-state index contributed by atoms with van der Waals surface area (Å²) in [5.41, 5.74) is 0.938. The van der Waals surface area contributed by atoms with Crippen molar-refractivity contribution in [3.63, 3.8) is 0 Å². The molecule has 1 aliphatic heterocycles. The third-order valence-corrected chi connectivity index (χ3v) is 2.62. The zero-order valence-electron chi connectivity index (χ0n) is 9.09. The molecule has 0 bridgehead atoms. The molecule has 0 aromatic carbocycles. The minimum atomic E-state index is -0.435. The second-order valence-corrected chi connectivity index (χ2v) is 3.81. The summed E-state index contributed by atoms with van der Waals surface area (Å²) in [7, 11) is 1.64. The number of hydrogen-bond acceptors (Lipinski definition) is 3. The lowest BCUT2D eigenvalue weighted by atomic mass is 10.2. The number of carbonyl (C=O) groups excluding carboxylic acids is 2. The van der Waals surface area contributed by atoms with Gasteiger partial charge in [0.15, 0.2) is 0 Å². The van der Waals surface area contributed by atoms with Gasteiger partial charge in [0.2, 0.25) is 0 Å². The first-order valence-electron chi connectivity index (χ1n) is 5.12. The van der Waals surface area contributed by atoms with E-state index in [4.69, 9.17) is 0 Å². The molecular formula is C11H13N3O2. The topological polar surface area (TPSA) is 53.5 Å². The fourth-order valence-corrected chi connectivity index (χ4v) is 1.64. The van der Waals surface area contributed by atoms with E-state index in [9.17, 15) is 9.59 Å². The molecule has 84 valence electrons. The van der Waals surface area contributed by atoms with Gasteiger partial charge in [-0.25, -0.2) is 0 Å². The molecule has 5 nitrogen and oxygen atoms in total. The molecule has 0 unspecified atom stereocenters. The molecule has 2 amide bonds. The van der Waals surface area contributed by atoms with Gasteiger partial charge in [-0.1, -0.05) is 6.07 Å². The number of likely N-dealkylation sites (N-methyl/N-ethyl adjacent to an activating group) is 1. The lowest BCUT2D eigenvalue weighted by Gasteiger charge is -2.31. The van der Waals surface area contributed by atoms with Crippen LogP contribution in [0.2, 0.25) is 0 Å². The Labute approximate surface area is 93.7 Å². The lowest BCUT2D eigenvalue weighted by Crippen LogP contribution is -2.52. The van der Waals surface area contributed by atoms with Gasteiger partial charge in [-0.05, 0) is 11.6 Å². The quantitative estimate of drug-likeness (QED) is 0.652. The van der Waals surface area contributed by atoms with E-state index in [0.29, 0.717) is 19.6 Å². The zero-order chi connectivity index (χ0) is 11.5. The highest BCUT2D eigenvalue weighted by Gasteiger charge is 2.29. The molecule has 0 atom stereocenters. The molecule has 1 aliphatic rings. The van der Waals surface area contributed by atoms with Gasteiger partial charge in [-0.2, -0.15) is 0 Å². The number of hydrogen-bond donors (Lipinski definition) is 0. The van der Waals surface area contributed by atoms with E-state index in [1.165, 1.54) is 4.90 Å². The van der Waals surface area contributed by atoms with Crippen LogP contribution in [-0.2, 0) is 16.1 Å². The highest BCUT2D eigenvalue weighted by molar-refractivity contribution is 6.35. The van der Waals surface area contributed by atoms with E-state index in [1.807, 2.05) is 12.1 Å². The van der Waals surface area contributed by atoms with Crippen molar-refractivity contribution in [3.8, 4) is 0 Å². The van der Waals surface area contributed by atoms with Crippen LogP contribution in [-0.4, -0.2) is 46.7 Å². The molecule has 0 radical (unpaired) electrons. The second-order valence-electron chi connectivity index (χ2n) is 3.81. The van der Waals surface area contributed by atoms with Crippen LogP contribution in [0.3, 0.4) is 0 Å². The third kappa shape index (κ3) is 2.03. The summed E-state index contributed by atoms with van der Waals surface area (Å²) < 4.78 is 0. The predicted molar refractivity (Wildman–Crippen MR) is 57.3 cm³/mol. The van der Waals surface area contributed by atoms with Crippen molar-refractivity contribution < 1.29 is 9.59 Å². The molecule has 0 spiro atoms. The maximum atomic E-state index is 11.7. The molecule has 1 fully saturated rings. The fourth-order valence-electron chi connectivity index (χ4n) is 1.64. The highest BCUT2D eigenvalue weighted by atomic mass is 16.2. The largest absolute Gasteiger partial charge is 0.336 e. The van der Waals surface area contributed by atoms with Gasteiger partial charge in [-0.15, -0.1) is 0 Å². The van der Waals surface area contributed by atoms with Crippen molar-refractivity contribution >= 4 is 11.8 Å². The van der Waals surface area contributed by atoms with Crippen molar-refractivity contribution in [1.82, 2.24) is 14.8 Å². The lowest BCUT2D eigenvalue weighted by molar-refractivity contribution is -0.155. The fraction of sp³-hybridized carbons (Fsp3) is 0.364. The summed E-state index contributed by atoms with van der Waals surface area (Å²) in [4.78, 5) is 30.1. The van der Waals surface area contributed by atoms with E-state index < -0.39 is 11.8 Å². The maximum absolute atomic E-state index is 11.7. The number of piperazine rings is 1. The smallest absolute Gasteiger partial charge is 0.312 e. The average molecular weight is 219 g/mol. The predicted octanol–water partition coefficient (Wildman–Crippen LogP) is -0.118. The van der Waals surface area contributed by atoms with Crippen LogP contribution < -0.4 is 0 Å². The molecule has 5 heteroatoms. The van der Waals surface area contributed by atoms with Crippen LogP contribution in [0.1, 0.15) is 5.56 Å². The normalized spacial score (nSPS) is 16.8. The molecule has 0 N–H and O–H groups in total. The molecule has 0 saturated carbocycles. The van der Waals surface area contributed by atoms with E-state index >= 15 is 0 Å². The first-order valence-corrected chi connectivity index (χ1v) is 5.12. The first kappa shape index (κ1) is 10.6. The van der Waals surface area contributed by atoms with Crippen LogP contribution in [0.5, 0.6) is 0 Å². The van der Waals surface area contributed by atoms with Crippen molar-refractivity contribution in [2.24, 2.45) is 0 Å². The van der Waals surface area contributed by atoms with Crippen molar-refractivity contribution in [3.05, 3.63) is 30.1 Å². The summed E-state index contributed by atoms with van der Waals surface area (Å²) in [6.07, 6.45) is 3.39. The second kappa shape index (κ2) is 4.30. The van der Waals surface area contributed by atoms with Gasteiger partial charge in [-0.3, -0.25) is 14.6 Å². The minimum absolute atomic E-state index is 0.433. The number of amides is 2. The molecule has 16 heavy (non-hydrogen) atoms. The standard InChI is InChI=1S/C11H13N3O2/c1-13-5-6-14(11(16)10(13)15)8-9-3-2-4-12-7-9/h2-4,7H,5-6,8H2,1H3. The van der Waals surface area contributed by atoms with Crippen molar-refractivity contribution in [1.29, 1.82) is 0 Å². The van der Waals surface area contributed by atoms with Crippen LogP contribution in [0.4, 0.5) is 0 Å². The number of nitrogens with zero attached hydrogens (tertiary/aromatic N) is 3. The summed E-state index contributed by atoms with van der Waals surface area (Å²) in [6, 6.07) is 3.71. The minimum Gasteiger partial charge on any atom is -0.336 e. The molecule has 2 rings (SSSR count). The number of aromatic nitrogens is 1. The number of carbonyl (C=O) groups is 2. The Bertz CT molecular complexity index is 405. The summed E-state index contributed by atoms with van der Waals surface area (Å²) in [6.45, 7) is 1.62. The summed E-state index contributed by atoms with van der Waals surface area (Å²) >= 11 is 0. The monoisotopic (exact) mass is 219 g/mol. The van der Waals surface area contributed by atoms with Crippen molar-refractivity contribution in [2.75, 3.05) is 20.1 Å². The van der Waals surface area contributed by atoms with Crippen LogP contribution >= 0.6 is 0 Å². The average Bonchev–Trinajstić information content (AvgIpc) is 2.31. The number of pyridine rings is 1. The summed E-state index contributed by atoms with van der Waals surface area (Å²) in [5, 5.41) is 0. The molecule has 1 aromatic rings. The molecule has 2 heterocycles. The summed E-state index contributed by atoms with van der Waals surface area (Å²) in [5.74, 6) is -0.868. The highest BCUT2D eigenvalue weighted by Crippen LogP contribution is 2.08.